The fraction of sp³-hybridized carbons (Fsp3) is 1.00. The Kier molecular flexibility index (Phi) is 4.09. The van der Waals surface area contributed by atoms with E-state index in [0.717, 1.165) is 35.0 Å². The summed E-state index contributed by atoms with van der Waals surface area (Å²) in [4.78, 5) is 0. The highest BCUT2D eigenvalue weighted by atomic mass is 14.6. The summed E-state index contributed by atoms with van der Waals surface area (Å²) >= 11 is 0. The zero-order valence-electron chi connectivity index (χ0n) is 14.3. The number of fused-ring (bicyclic) bond motifs is 3. The average Bonchev–Trinajstić information content (AvgIpc) is 2.91. The third kappa shape index (κ3) is 2.31. The Bertz CT molecular complexity index is 329. The Hall–Kier alpha value is 0. The van der Waals surface area contributed by atoms with Gasteiger partial charge >= 0.3 is 0 Å². The second kappa shape index (κ2) is 5.89. The molecule has 120 valence electrons. The predicted octanol–water partition coefficient (Wildman–Crippen LogP) is 6.59. The Labute approximate surface area is 132 Å². The first-order chi connectivity index (χ1) is 10.4. The highest BCUT2D eigenvalue weighted by Gasteiger charge is 2.57. The Morgan fingerprint density at radius 3 is 1.57 bits per heavy atom. The molecule has 4 fully saturated rings. The second-order valence-corrected chi connectivity index (χ2v) is 9.03. The van der Waals surface area contributed by atoms with E-state index in [0.29, 0.717) is 0 Å². The Morgan fingerprint density at radius 1 is 0.619 bits per heavy atom. The van der Waals surface area contributed by atoms with E-state index in [1.54, 1.807) is 77.0 Å². The van der Waals surface area contributed by atoms with Crippen LogP contribution in [0.15, 0.2) is 0 Å². The van der Waals surface area contributed by atoms with Crippen LogP contribution in [-0.4, -0.2) is 0 Å². The van der Waals surface area contributed by atoms with Crippen LogP contribution in [0.1, 0.15) is 96.8 Å². The molecule has 4 saturated carbocycles. The van der Waals surface area contributed by atoms with Gasteiger partial charge in [-0.2, -0.15) is 0 Å². The van der Waals surface area contributed by atoms with E-state index < -0.39 is 0 Å². The zero-order valence-corrected chi connectivity index (χ0v) is 14.3. The summed E-state index contributed by atoms with van der Waals surface area (Å²) in [6.07, 6.45) is 21.9. The van der Waals surface area contributed by atoms with Crippen LogP contribution in [0.25, 0.3) is 0 Å². The molecule has 0 radical (unpaired) electrons. The average molecular weight is 289 g/mol. The second-order valence-electron chi connectivity index (χ2n) is 9.03. The van der Waals surface area contributed by atoms with Crippen molar-refractivity contribution in [3.63, 3.8) is 0 Å². The summed E-state index contributed by atoms with van der Waals surface area (Å²) in [5.41, 5.74) is 0.773. The molecule has 0 N–H and O–H groups in total. The quantitative estimate of drug-likeness (QED) is 0.537. The zero-order chi connectivity index (χ0) is 14.3. The van der Waals surface area contributed by atoms with Crippen LogP contribution in [0.5, 0.6) is 0 Å². The molecule has 0 aromatic rings. The molecule has 0 aliphatic heterocycles. The van der Waals surface area contributed by atoms with Crippen molar-refractivity contribution in [2.45, 2.75) is 96.8 Å². The maximum Gasteiger partial charge on any atom is -0.0266 e. The molecule has 0 heteroatoms. The molecule has 0 amide bonds. The molecule has 0 aromatic heterocycles. The lowest BCUT2D eigenvalue weighted by Gasteiger charge is -2.48. The van der Waals surface area contributed by atoms with Crippen molar-refractivity contribution in [1.82, 2.24) is 0 Å². The molecule has 21 heavy (non-hydrogen) atoms. The molecule has 4 atom stereocenters. The van der Waals surface area contributed by atoms with Crippen LogP contribution in [0.4, 0.5) is 0 Å². The highest BCUT2D eigenvalue weighted by molar-refractivity contribution is 5.06. The van der Waals surface area contributed by atoms with Crippen LogP contribution in [0.2, 0.25) is 0 Å². The van der Waals surface area contributed by atoms with Crippen molar-refractivity contribution in [2.75, 3.05) is 0 Å². The van der Waals surface area contributed by atoms with Gasteiger partial charge in [0.2, 0.25) is 0 Å². The van der Waals surface area contributed by atoms with Gasteiger partial charge in [0.05, 0.1) is 0 Å². The minimum absolute atomic E-state index is 0.773. The van der Waals surface area contributed by atoms with Crippen molar-refractivity contribution in [1.29, 1.82) is 0 Å². The monoisotopic (exact) mass is 288 g/mol. The van der Waals surface area contributed by atoms with Gasteiger partial charge in [-0.3, -0.25) is 0 Å². The van der Waals surface area contributed by atoms with Crippen molar-refractivity contribution in [3.8, 4) is 0 Å². The minimum atomic E-state index is 0.773. The van der Waals surface area contributed by atoms with Crippen LogP contribution in [-0.2, 0) is 0 Å². The summed E-state index contributed by atoms with van der Waals surface area (Å²) < 4.78 is 0. The molecule has 0 aromatic carbocycles. The third-order valence-electron chi connectivity index (χ3n) is 8.48. The maximum absolute atomic E-state index is 2.54. The summed E-state index contributed by atoms with van der Waals surface area (Å²) in [5.74, 6) is 5.73. The van der Waals surface area contributed by atoms with Crippen LogP contribution in [0, 0.1) is 35.0 Å². The number of hydrogen-bond acceptors (Lipinski definition) is 0. The van der Waals surface area contributed by atoms with E-state index in [9.17, 15) is 0 Å². The van der Waals surface area contributed by atoms with Gasteiger partial charge in [-0.25, -0.2) is 0 Å². The maximum atomic E-state index is 2.54. The van der Waals surface area contributed by atoms with Crippen molar-refractivity contribution >= 4 is 0 Å². The van der Waals surface area contributed by atoms with Gasteiger partial charge in [0.1, 0.15) is 0 Å². The summed E-state index contributed by atoms with van der Waals surface area (Å²) in [6.45, 7) is 2.54. The summed E-state index contributed by atoms with van der Waals surface area (Å²) in [7, 11) is 0. The third-order valence-corrected chi connectivity index (χ3v) is 8.48. The molecular weight excluding hydrogens is 252 g/mol. The van der Waals surface area contributed by atoms with Gasteiger partial charge in [0, 0.05) is 0 Å². The van der Waals surface area contributed by atoms with Crippen molar-refractivity contribution < 1.29 is 0 Å². The lowest BCUT2D eigenvalue weighted by molar-refractivity contribution is 0.0135. The molecule has 0 heterocycles. The number of hydrogen-bond donors (Lipinski definition) is 0. The van der Waals surface area contributed by atoms with E-state index in [4.69, 9.17) is 0 Å². The van der Waals surface area contributed by atoms with Gasteiger partial charge in [-0.1, -0.05) is 58.3 Å². The molecule has 4 unspecified atom stereocenters. The van der Waals surface area contributed by atoms with Gasteiger partial charge in [0.25, 0.3) is 0 Å². The van der Waals surface area contributed by atoms with Crippen molar-refractivity contribution in [2.24, 2.45) is 35.0 Å². The molecule has 4 aliphatic carbocycles. The molecule has 0 bridgehead atoms. The molecule has 4 rings (SSSR count). The molecule has 0 nitrogen and oxygen atoms in total. The summed E-state index contributed by atoms with van der Waals surface area (Å²) in [5, 5.41) is 0. The Balaban J connectivity index is 1.67. The van der Waals surface area contributed by atoms with Gasteiger partial charge in [-0.05, 0) is 73.5 Å². The molecular formula is C21H36. The molecule has 0 saturated heterocycles. The van der Waals surface area contributed by atoms with Crippen LogP contribution >= 0.6 is 0 Å². The first-order valence-corrected chi connectivity index (χ1v) is 10.4. The van der Waals surface area contributed by atoms with Gasteiger partial charge in [0.15, 0.2) is 0 Å². The topological polar surface area (TPSA) is 0 Å². The van der Waals surface area contributed by atoms with Gasteiger partial charge in [-0.15, -0.1) is 0 Å². The minimum Gasteiger partial charge on any atom is -0.0648 e. The lowest BCUT2D eigenvalue weighted by Crippen LogP contribution is -2.39. The summed E-state index contributed by atoms with van der Waals surface area (Å²) in [6, 6.07) is 0. The Morgan fingerprint density at radius 2 is 1.10 bits per heavy atom. The number of rotatable bonds is 2. The van der Waals surface area contributed by atoms with E-state index in [1.807, 2.05) is 0 Å². The molecule has 4 aliphatic rings. The largest absolute Gasteiger partial charge is 0.0648 e. The smallest absolute Gasteiger partial charge is 0.0266 e. The first-order valence-electron chi connectivity index (χ1n) is 10.4. The predicted molar refractivity (Wildman–Crippen MR) is 90.2 cm³/mol. The fourth-order valence-corrected chi connectivity index (χ4v) is 7.74. The highest BCUT2D eigenvalue weighted by Crippen LogP contribution is 2.65. The normalized spacial score (nSPS) is 45.9. The fourth-order valence-electron chi connectivity index (χ4n) is 7.74. The van der Waals surface area contributed by atoms with Crippen LogP contribution in [0.3, 0.4) is 0 Å². The van der Waals surface area contributed by atoms with Crippen molar-refractivity contribution in [3.05, 3.63) is 0 Å². The standard InChI is InChI=1S/C21H36/c1-2-21(14-8-3-9-15-21)20-18-12-6-4-10-16(18)17-11-5-7-13-19(17)20/h16-20H,2-15H2,1H3. The van der Waals surface area contributed by atoms with E-state index in [-0.39, 0.29) is 0 Å². The van der Waals surface area contributed by atoms with E-state index in [2.05, 4.69) is 6.92 Å². The van der Waals surface area contributed by atoms with E-state index >= 15 is 0 Å². The first kappa shape index (κ1) is 14.6. The van der Waals surface area contributed by atoms with Gasteiger partial charge < -0.3 is 0 Å². The molecule has 0 spiro atoms. The lowest BCUT2D eigenvalue weighted by atomic mass is 9.57. The van der Waals surface area contributed by atoms with E-state index in [1.165, 1.54) is 12.8 Å². The SMILES string of the molecule is CCC1(C2C3CCCCC3C3CCCCC32)CCCCC1. The van der Waals surface area contributed by atoms with Crippen LogP contribution < -0.4 is 0 Å².